The highest BCUT2D eigenvalue weighted by molar-refractivity contribution is 5.95. The fourth-order valence-electron chi connectivity index (χ4n) is 3.17. The van der Waals surface area contributed by atoms with Gasteiger partial charge >= 0.3 is 0 Å². The van der Waals surface area contributed by atoms with Gasteiger partial charge in [-0.1, -0.05) is 57.2 Å². The molecule has 0 bridgehead atoms. The highest BCUT2D eigenvalue weighted by Gasteiger charge is 2.14. The average molecular weight is 418 g/mol. The summed E-state index contributed by atoms with van der Waals surface area (Å²) in [6, 6.07) is 15.5. The number of amides is 2. The van der Waals surface area contributed by atoms with E-state index in [4.69, 9.17) is 11.5 Å². The molecule has 7 nitrogen and oxygen atoms in total. The minimum atomic E-state index is -0.709. The molecule has 3 aromatic rings. The second-order valence-electron chi connectivity index (χ2n) is 8.47. The van der Waals surface area contributed by atoms with Crippen molar-refractivity contribution in [2.45, 2.75) is 39.2 Å². The van der Waals surface area contributed by atoms with Crippen molar-refractivity contribution in [2.75, 3.05) is 5.73 Å². The number of benzene rings is 2. The summed E-state index contributed by atoms with van der Waals surface area (Å²) in [5.41, 5.74) is 15.3. The van der Waals surface area contributed by atoms with Gasteiger partial charge in [-0.05, 0) is 34.2 Å². The molecule has 0 aliphatic heterocycles. The lowest BCUT2D eigenvalue weighted by Gasteiger charge is -2.19. The van der Waals surface area contributed by atoms with E-state index in [1.54, 1.807) is 0 Å². The molecule has 1 heterocycles. The zero-order chi connectivity index (χ0) is 22.6. The van der Waals surface area contributed by atoms with Gasteiger partial charge in [-0.25, -0.2) is 9.97 Å². The van der Waals surface area contributed by atoms with Crippen LogP contribution >= 0.6 is 0 Å². The number of nitrogen functional groups attached to an aromatic ring is 1. The van der Waals surface area contributed by atoms with Crippen molar-refractivity contribution in [1.82, 2.24) is 15.3 Å². The van der Waals surface area contributed by atoms with Gasteiger partial charge in [0.15, 0.2) is 11.5 Å². The maximum Gasteiger partial charge on any atom is 0.271 e. The van der Waals surface area contributed by atoms with Crippen molar-refractivity contribution in [1.29, 1.82) is 0 Å². The molecular weight excluding hydrogens is 390 g/mol. The molecule has 3 rings (SSSR count). The van der Waals surface area contributed by atoms with Gasteiger partial charge in [-0.2, -0.15) is 0 Å². The highest BCUT2D eigenvalue weighted by atomic mass is 16.2. The van der Waals surface area contributed by atoms with Gasteiger partial charge < -0.3 is 16.8 Å². The number of carbonyl (C=O) groups excluding carboxylic acids is 2. The third kappa shape index (κ3) is 5.66. The Morgan fingerprint density at radius 2 is 1.71 bits per heavy atom. The van der Waals surface area contributed by atoms with Gasteiger partial charge in [-0.15, -0.1) is 0 Å². The largest absolute Gasteiger partial charge is 0.382 e. The van der Waals surface area contributed by atoms with Gasteiger partial charge in [-0.3, -0.25) is 9.59 Å². The Balaban J connectivity index is 1.65. The predicted octanol–water partition coefficient (Wildman–Crippen LogP) is 2.98. The number of nitrogens with one attached hydrogen (secondary N) is 1. The maximum atomic E-state index is 12.5. The van der Waals surface area contributed by atoms with Crippen LogP contribution in [0.1, 0.15) is 64.0 Å². The third-order valence-electron chi connectivity index (χ3n) is 4.93. The summed E-state index contributed by atoms with van der Waals surface area (Å²) in [5.74, 6) is -0.816. The molecule has 0 spiro atoms. The van der Waals surface area contributed by atoms with E-state index >= 15 is 0 Å². The number of hydrogen-bond acceptors (Lipinski definition) is 5. The van der Waals surface area contributed by atoms with Crippen LogP contribution in [-0.2, 0) is 18.4 Å². The maximum absolute atomic E-state index is 12.5. The Kier molecular flexibility index (Phi) is 6.34. The lowest BCUT2D eigenvalue weighted by atomic mass is 9.87. The number of carbonyl (C=O) groups is 2. The van der Waals surface area contributed by atoms with Crippen LogP contribution in [0.15, 0.2) is 54.7 Å². The first-order valence-corrected chi connectivity index (χ1v) is 10.0. The van der Waals surface area contributed by atoms with E-state index in [-0.39, 0.29) is 22.8 Å². The Labute approximate surface area is 181 Å². The molecule has 1 aromatic heterocycles. The fraction of sp³-hybridized carbons (Fsp3) is 0.250. The number of aromatic nitrogens is 2. The molecule has 0 aliphatic rings. The molecule has 0 fully saturated rings. The minimum Gasteiger partial charge on any atom is -0.382 e. The van der Waals surface area contributed by atoms with E-state index < -0.39 is 5.91 Å². The summed E-state index contributed by atoms with van der Waals surface area (Å²) in [7, 11) is 0. The van der Waals surface area contributed by atoms with Gasteiger partial charge in [0.1, 0.15) is 0 Å². The van der Waals surface area contributed by atoms with Crippen LogP contribution in [0.25, 0.3) is 0 Å². The van der Waals surface area contributed by atoms with Crippen molar-refractivity contribution < 1.29 is 9.59 Å². The van der Waals surface area contributed by atoms with Gasteiger partial charge in [0.05, 0.1) is 11.9 Å². The molecule has 7 heteroatoms. The summed E-state index contributed by atoms with van der Waals surface area (Å²) >= 11 is 0. The van der Waals surface area contributed by atoms with Crippen LogP contribution < -0.4 is 16.8 Å². The minimum absolute atomic E-state index is 0.0169. The Morgan fingerprint density at radius 1 is 1.03 bits per heavy atom. The monoisotopic (exact) mass is 417 g/mol. The number of rotatable bonds is 6. The van der Waals surface area contributed by atoms with Crippen LogP contribution in [0, 0.1) is 0 Å². The summed E-state index contributed by atoms with van der Waals surface area (Å²) in [4.78, 5) is 32.1. The SMILES string of the molecule is CC(C)(C)c1ccc(C(=O)NCc2cccc(Cc3cnc(N)c(C(N)=O)n3)c2)cc1. The first-order valence-electron chi connectivity index (χ1n) is 10.0. The van der Waals surface area contributed by atoms with Crippen molar-refractivity contribution >= 4 is 17.6 Å². The van der Waals surface area contributed by atoms with Gasteiger partial charge in [0, 0.05) is 18.5 Å². The lowest BCUT2D eigenvalue weighted by molar-refractivity contribution is 0.0949. The van der Waals surface area contributed by atoms with Crippen molar-refractivity contribution in [3.05, 3.63) is 88.4 Å². The molecule has 2 aromatic carbocycles. The smallest absolute Gasteiger partial charge is 0.271 e. The number of hydrogen-bond donors (Lipinski definition) is 3. The first-order chi connectivity index (χ1) is 14.6. The van der Waals surface area contributed by atoms with Crippen LogP contribution in [0.2, 0.25) is 0 Å². The molecule has 0 saturated carbocycles. The van der Waals surface area contributed by atoms with E-state index in [2.05, 4.69) is 36.1 Å². The quantitative estimate of drug-likeness (QED) is 0.569. The second-order valence-corrected chi connectivity index (χ2v) is 8.47. The number of nitrogens with zero attached hydrogens (tertiary/aromatic N) is 2. The van der Waals surface area contributed by atoms with Crippen molar-refractivity contribution in [3.63, 3.8) is 0 Å². The summed E-state index contributed by atoms with van der Waals surface area (Å²) < 4.78 is 0. The summed E-state index contributed by atoms with van der Waals surface area (Å²) in [5, 5.41) is 2.95. The van der Waals surface area contributed by atoms with Crippen LogP contribution in [-0.4, -0.2) is 21.8 Å². The molecule has 160 valence electrons. The van der Waals surface area contributed by atoms with E-state index in [1.165, 1.54) is 11.8 Å². The molecule has 5 N–H and O–H groups in total. The summed E-state index contributed by atoms with van der Waals surface area (Å²) in [6.07, 6.45) is 1.99. The molecule has 0 radical (unpaired) electrons. The van der Waals surface area contributed by atoms with Crippen molar-refractivity contribution in [3.8, 4) is 0 Å². The summed E-state index contributed by atoms with van der Waals surface area (Å²) in [6.45, 7) is 6.81. The zero-order valence-electron chi connectivity index (χ0n) is 18.0. The van der Waals surface area contributed by atoms with Crippen LogP contribution in [0.3, 0.4) is 0 Å². The Hall–Kier alpha value is -3.74. The lowest BCUT2D eigenvalue weighted by Crippen LogP contribution is -2.23. The fourth-order valence-corrected chi connectivity index (χ4v) is 3.17. The number of primary amides is 1. The normalized spacial score (nSPS) is 11.2. The van der Waals surface area contributed by atoms with Crippen LogP contribution in [0.5, 0.6) is 0 Å². The van der Waals surface area contributed by atoms with E-state index in [0.29, 0.717) is 24.2 Å². The van der Waals surface area contributed by atoms with Crippen LogP contribution in [0.4, 0.5) is 5.82 Å². The predicted molar refractivity (Wildman–Crippen MR) is 121 cm³/mol. The van der Waals surface area contributed by atoms with Gasteiger partial charge in [0.25, 0.3) is 11.8 Å². The topological polar surface area (TPSA) is 124 Å². The molecule has 2 amide bonds. The second kappa shape index (κ2) is 8.95. The Bertz CT molecular complexity index is 1100. The van der Waals surface area contributed by atoms with E-state index in [1.807, 2.05) is 48.5 Å². The zero-order valence-corrected chi connectivity index (χ0v) is 18.0. The van der Waals surface area contributed by atoms with Crippen molar-refractivity contribution in [2.24, 2.45) is 5.73 Å². The number of anilines is 1. The molecule has 0 atom stereocenters. The van der Waals surface area contributed by atoms with E-state index in [9.17, 15) is 9.59 Å². The highest BCUT2D eigenvalue weighted by Crippen LogP contribution is 2.22. The molecule has 0 unspecified atom stereocenters. The molecule has 31 heavy (non-hydrogen) atoms. The third-order valence-corrected chi connectivity index (χ3v) is 4.93. The van der Waals surface area contributed by atoms with Gasteiger partial charge in [0.2, 0.25) is 0 Å². The first kappa shape index (κ1) is 22.0. The standard InChI is InChI=1S/C24H27N5O2/c1-24(2,3)18-9-7-17(8-10-18)23(31)28-13-16-6-4-5-15(11-16)12-19-14-27-21(25)20(29-19)22(26)30/h4-11,14H,12-13H2,1-3H3,(H2,25,27)(H2,26,30)(H,28,31). The average Bonchev–Trinajstić information content (AvgIpc) is 2.73. The van der Waals surface area contributed by atoms with E-state index in [0.717, 1.165) is 11.1 Å². The number of nitrogens with two attached hydrogens (primary N) is 2. The molecule has 0 aliphatic carbocycles. The molecule has 0 saturated heterocycles. The molecular formula is C24H27N5O2. The Morgan fingerprint density at radius 3 is 2.35 bits per heavy atom.